The van der Waals surface area contributed by atoms with Gasteiger partial charge in [0.05, 0.1) is 0 Å². The number of benzene rings is 1. The molecule has 0 spiro atoms. The van der Waals surface area contributed by atoms with Gasteiger partial charge in [-0.3, -0.25) is 0 Å². The Morgan fingerprint density at radius 2 is 2.08 bits per heavy atom. The van der Waals surface area contributed by atoms with Crippen LogP contribution in [0.2, 0.25) is 0 Å². The molecule has 140 valence electrons. The molecule has 2 rings (SSSR count). The smallest absolute Gasteiger partial charge is 0.410 e. The fourth-order valence-electron chi connectivity index (χ4n) is 3.31. The van der Waals surface area contributed by atoms with Gasteiger partial charge in [0.2, 0.25) is 0 Å². The third kappa shape index (κ3) is 5.99. The van der Waals surface area contributed by atoms with E-state index in [-0.39, 0.29) is 24.0 Å². The van der Waals surface area contributed by atoms with Crippen LogP contribution in [0.3, 0.4) is 0 Å². The van der Waals surface area contributed by atoms with Crippen molar-refractivity contribution in [3.63, 3.8) is 0 Å². The summed E-state index contributed by atoms with van der Waals surface area (Å²) in [5, 5.41) is 3.56. The summed E-state index contributed by atoms with van der Waals surface area (Å²) in [6.45, 7) is 11.3. The zero-order valence-corrected chi connectivity index (χ0v) is 16.0. The lowest BCUT2D eigenvalue weighted by Gasteiger charge is -2.37. The third-order valence-electron chi connectivity index (χ3n) is 4.68. The van der Waals surface area contributed by atoms with E-state index < -0.39 is 5.60 Å². The van der Waals surface area contributed by atoms with Crippen LogP contribution in [0.4, 0.5) is 9.18 Å². The van der Waals surface area contributed by atoms with Crippen molar-refractivity contribution in [3.05, 3.63) is 35.6 Å². The van der Waals surface area contributed by atoms with Crippen molar-refractivity contribution in [2.24, 2.45) is 5.92 Å². The topological polar surface area (TPSA) is 41.6 Å². The molecular formula is C20H31FN2O2. The second-order valence-electron chi connectivity index (χ2n) is 8.06. The van der Waals surface area contributed by atoms with Crippen LogP contribution in [0.1, 0.15) is 59.1 Å². The molecule has 1 amide bonds. The Morgan fingerprint density at radius 3 is 2.72 bits per heavy atom. The van der Waals surface area contributed by atoms with Crippen molar-refractivity contribution in [2.75, 3.05) is 13.1 Å². The minimum Gasteiger partial charge on any atom is -0.444 e. The molecule has 1 aliphatic rings. The van der Waals surface area contributed by atoms with Crippen LogP contribution >= 0.6 is 0 Å². The molecule has 1 aromatic rings. The van der Waals surface area contributed by atoms with Crippen molar-refractivity contribution in [3.8, 4) is 0 Å². The first-order chi connectivity index (χ1) is 11.7. The normalized spacial score (nSPS) is 20.9. The molecule has 3 atom stereocenters. The number of piperidine rings is 1. The predicted octanol–water partition coefficient (Wildman–Crippen LogP) is 4.51. The van der Waals surface area contributed by atoms with E-state index in [4.69, 9.17) is 4.74 Å². The van der Waals surface area contributed by atoms with Crippen LogP contribution in [0.15, 0.2) is 24.3 Å². The van der Waals surface area contributed by atoms with Crippen LogP contribution < -0.4 is 5.32 Å². The lowest BCUT2D eigenvalue weighted by Crippen LogP contribution is -2.48. The molecule has 25 heavy (non-hydrogen) atoms. The molecule has 0 radical (unpaired) electrons. The second kappa shape index (κ2) is 8.17. The molecule has 1 aromatic carbocycles. The molecule has 0 aliphatic carbocycles. The lowest BCUT2D eigenvalue weighted by atomic mass is 9.91. The standard InChI is InChI=1S/C20H31FN2O2/c1-14(16-8-6-10-18(21)12-16)22-15(2)17-9-7-11-23(13-17)19(24)25-20(3,4)5/h6,8,10,12,14-15,17,22H,7,9,11,13H2,1-5H3. The van der Waals surface area contributed by atoms with Crippen molar-refractivity contribution in [1.82, 2.24) is 10.2 Å². The summed E-state index contributed by atoms with van der Waals surface area (Å²) in [4.78, 5) is 14.1. The number of halogens is 1. The Bertz CT molecular complexity index is 585. The SMILES string of the molecule is CC(NC(C)C1CCCN(C(=O)OC(C)(C)C)C1)c1cccc(F)c1. The van der Waals surface area contributed by atoms with Gasteiger partial charge in [-0.05, 0) is 71.1 Å². The number of carbonyl (C=O) groups is 1. The molecule has 5 heteroatoms. The number of rotatable bonds is 4. The molecule has 3 unspecified atom stereocenters. The quantitative estimate of drug-likeness (QED) is 0.868. The van der Waals surface area contributed by atoms with E-state index >= 15 is 0 Å². The minimum absolute atomic E-state index is 0.0580. The second-order valence-corrected chi connectivity index (χ2v) is 8.06. The Labute approximate surface area is 150 Å². The van der Waals surface area contributed by atoms with E-state index in [0.717, 1.165) is 24.9 Å². The third-order valence-corrected chi connectivity index (χ3v) is 4.68. The van der Waals surface area contributed by atoms with E-state index in [9.17, 15) is 9.18 Å². The average molecular weight is 350 g/mol. The van der Waals surface area contributed by atoms with Gasteiger partial charge in [0.1, 0.15) is 11.4 Å². The van der Waals surface area contributed by atoms with Crippen LogP contribution in [-0.4, -0.2) is 35.7 Å². The summed E-state index contributed by atoms with van der Waals surface area (Å²) in [5.41, 5.74) is 0.464. The summed E-state index contributed by atoms with van der Waals surface area (Å²) in [6.07, 6.45) is 1.82. The molecule has 0 saturated carbocycles. The van der Waals surface area contributed by atoms with Crippen LogP contribution in [0.25, 0.3) is 0 Å². The highest BCUT2D eigenvalue weighted by molar-refractivity contribution is 5.68. The van der Waals surface area contributed by atoms with Gasteiger partial charge in [-0.1, -0.05) is 12.1 Å². The van der Waals surface area contributed by atoms with Crippen LogP contribution in [0.5, 0.6) is 0 Å². The van der Waals surface area contributed by atoms with Crippen molar-refractivity contribution < 1.29 is 13.9 Å². The summed E-state index contributed by atoms with van der Waals surface area (Å²) < 4.78 is 18.9. The zero-order valence-electron chi connectivity index (χ0n) is 16.0. The van der Waals surface area contributed by atoms with Gasteiger partial charge in [-0.25, -0.2) is 9.18 Å². The van der Waals surface area contributed by atoms with Gasteiger partial charge >= 0.3 is 6.09 Å². The highest BCUT2D eigenvalue weighted by Gasteiger charge is 2.30. The fraction of sp³-hybridized carbons (Fsp3) is 0.650. The van der Waals surface area contributed by atoms with Gasteiger partial charge in [-0.2, -0.15) is 0 Å². The number of nitrogens with zero attached hydrogens (tertiary/aromatic N) is 1. The molecule has 1 heterocycles. The van der Waals surface area contributed by atoms with Crippen LogP contribution in [0, 0.1) is 11.7 Å². The maximum absolute atomic E-state index is 13.4. The Balaban J connectivity index is 1.92. The summed E-state index contributed by atoms with van der Waals surface area (Å²) in [7, 11) is 0. The Kier molecular flexibility index (Phi) is 6.44. The molecule has 0 aromatic heterocycles. The van der Waals surface area contributed by atoms with E-state index in [1.54, 1.807) is 12.1 Å². The molecule has 1 aliphatic heterocycles. The summed E-state index contributed by atoms with van der Waals surface area (Å²) >= 11 is 0. The molecule has 1 saturated heterocycles. The molecule has 4 nitrogen and oxygen atoms in total. The van der Waals surface area contributed by atoms with Crippen molar-refractivity contribution >= 4 is 6.09 Å². The largest absolute Gasteiger partial charge is 0.444 e. The number of likely N-dealkylation sites (tertiary alicyclic amines) is 1. The maximum atomic E-state index is 13.4. The van der Waals surface area contributed by atoms with Crippen molar-refractivity contribution in [2.45, 2.75) is 65.1 Å². The van der Waals surface area contributed by atoms with E-state index in [1.807, 2.05) is 38.7 Å². The molecule has 1 N–H and O–H groups in total. The first-order valence-corrected chi connectivity index (χ1v) is 9.15. The number of ether oxygens (including phenoxy) is 1. The first-order valence-electron chi connectivity index (χ1n) is 9.15. The molecular weight excluding hydrogens is 319 g/mol. The van der Waals surface area contributed by atoms with Gasteiger partial charge in [0.15, 0.2) is 0 Å². The number of nitrogens with one attached hydrogen (secondary N) is 1. The fourth-order valence-corrected chi connectivity index (χ4v) is 3.31. The average Bonchev–Trinajstić information content (AvgIpc) is 2.53. The maximum Gasteiger partial charge on any atom is 0.410 e. The summed E-state index contributed by atoms with van der Waals surface area (Å²) in [6, 6.07) is 6.98. The molecule has 0 bridgehead atoms. The Hall–Kier alpha value is -1.62. The highest BCUT2D eigenvalue weighted by atomic mass is 19.1. The monoisotopic (exact) mass is 350 g/mol. The first kappa shape index (κ1) is 19.7. The van der Waals surface area contributed by atoms with Gasteiger partial charge in [0, 0.05) is 25.2 Å². The number of amides is 1. The summed E-state index contributed by atoms with van der Waals surface area (Å²) in [5.74, 6) is 0.143. The molecule has 1 fully saturated rings. The number of hydrogen-bond acceptors (Lipinski definition) is 3. The number of carbonyl (C=O) groups excluding carboxylic acids is 1. The van der Waals surface area contributed by atoms with E-state index in [2.05, 4.69) is 12.2 Å². The van der Waals surface area contributed by atoms with Gasteiger partial charge in [-0.15, -0.1) is 0 Å². The van der Waals surface area contributed by atoms with Crippen molar-refractivity contribution in [1.29, 1.82) is 0 Å². The van der Waals surface area contributed by atoms with E-state index in [1.165, 1.54) is 6.07 Å². The predicted molar refractivity (Wildman–Crippen MR) is 97.9 cm³/mol. The zero-order chi connectivity index (χ0) is 18.6. The Morgan fingerprint density at radius 1 is 1.36 bits per heavy atom. The van der Waals surface area contributed by atoms with Gasteiger partial charge in [0.25, 0.3) is 0 Å². The number of hydrogen-bond donors (Lipinski definition) is 1. The minimum atomic E-state index is -0.472. The van der Waals surface area contributed by atoms with E-state index in [0.29, 0.717) is 12.5 Å². The van der Waals surface area contributed by atoms with Crippen LogP contribution in [-0.2, 0) is 4.74 Å². The highest BCUT2D eigenvalue weighted by Crippen LogP contribution is 2.24. The lowest BCUT2D eigenvalue weighted by molar-refractivity contribution is 0.0146. The van der Waals surface area contributed by atoms with Gasteiger partial charge < -0.3 is 15.0 Å².